The molecule has 256 valence electrons. The Labute approximate surface area is 271 Å². The topological polar surface area (TPSA) is 130 Å². The molecule has 0 radical (unpaired) electrons. The Kier molecular flexibility index (Phi) is 14.0. The molecule has 0 spiro atoms. The molecule has 1 aromatic rings. The van der Waals surface area contributed by atoms with Gasteiger partial charge in [0.15, 0.2) is 11.6 Å². The zero-order valence-electron chi connectivity index (χ0n) is 29.0. The van der Waals surface area contributed by atoms with Gasteiger partial charge in [-0.2, -0.15) is 0 Å². The minimum absolute atomic E-state index is 0.0550. The molecule has 1 aliphatic heterocycles. The second kappa shape index (κ2) is 17.0. The van der Waals surface area contributed by atoms with Gasteiger partial charge < -0.3 is 30.2 Å². The first-order valence-corrected chi connectivity index (χ1v) is 17.5. The molecule has 3 rings (SSSR count). The van der Waals surface area contributed by atoms with E-state index < -0.39 is 29.2 Å². The number of hydrogen-bond acceptors (Lipinski definition) is 5. The summed E-state index contributed by atoms with van der Waals surface area (Å²) in [7, 11) is 0. The number of aliphatic carboxylic acids is 1. The maximum Gasteiger partial charge on any atom is 0.315 e. The van der Waals surface area contributed by atoms with E-state index in [0.717, 1.165) is 50.9 Å². The van der Waals surface area contributed by atoms with E-state index in [1.54, 1.807) is 26.1 Å². The number of ketones is 1. The summed E-state index contributed by atoms with van der Waals surface area (Å²) in [4.78, 5) is 42.8. The molecular weight excluding hydrogens is 570 g/mol. The van der Waals surface area contributed by atoms with E-state index in [0.29, 0.717) is 17.9 Å². The summed E-state index contributed by atoms with van der Waals surface area (Å²) in [5.41, 5.74) is 0.521. The van der Waals surface area contributed by atoms with Crippen molar-refractivity contribution in [2.75, 3.05) is 6.61 Å². The van der Waals surface area contributed by atoms with E-state index in [2.05, 4.69) is 29.5 Å². The lowest BCUT2D eigenvalue weighted by Gasteiger charge is -2.45. The van der Waals surface area contributed by atoms with Gasteiger partial charge >= 0.3 is 12.0 Å². The molecule has 0 aromatic carbocycles. The number of rotatable bonds is 16. The highest BCUT2D eigenvalue weighted by molar-refractivity contribution is 6.01. The predicted octanol–water partition coefficient (Wildman–Crippen LogP) is 7.96. The van der Waals surface area contributed by atoms with Gasteiger partial charge in [0.2, 0.25) is 0 Å². The van der Waals surface area contributed by atoms with Crippen molar-refractivity contribution < 1.29 is 29.0 Å². The maximum atomic E-state index is 14.1. The number of amides is 2. The lowest BCUT2D eigenvalue weighted by atomic mass is 9.76. The van der Waals surface area contributed by atoms with Gasteiger partial charge in [0.05, 0.1) is 13.0 Å². The summed E-state index contributed by atoms with van der Waals surface area (Å²) in [6, 6.07) is 1.39. The smallest absolute Gasteiger partial charge is 0.315 e. The highest BCUT2D eigenvalue weighted by Crippen LogP contribution is 2.41. The van der Waals surface area contributed by atoms with Crippen molar-refractivity contribution in [1.29, 1.82) is 0 Å². The van der Waals surface area contributed by atoms with Crippen LogP contribution in [0.15, 0.2) is 12.3 Å². The molecule has 9 heteroatoms. The number of unbranched alkanes of at least 4 members (excludes halogenated alkanes) is 4. The fraction of sp³-hybridized carbons (Fsp3) is 0.806. The van der Waals surface area contributed by atoms with Crippen LogP contribution in [0.1, 0.15) is 154 Å². The van der Waals surface area contributed by atoms with Crippen LogP contribution in [0.25, 0.3) is 0 Å². The Morgan fingerprint density at radius 1 is 0.978 bits per heavy atom. The van der Waals surface area contributed by atoms with Crippen LogP contribution < -0.4 is 10.6 Å². The molecule has 5 atom stereocenters. The van der Waals surface area contributed by atoms with Crippen LogP contribution >= 0.6 is 0 Å². The van der Waals surface area contributed by atoms with E-state index >= 15 is 0 Å². The monoisotopic (exact) mass is 631 g/mol. The Bertz CT molecular complexity index is 1100. The zero-order valence-corrected chi connectivity index (χ0v) is 29.0. The molecule has 1 saturated heterocycles. The number of aromatic nitrogens is 1. The quantitative estimate of drug-likeness (QED) is 0.0832. The van der Waals surface area contributed by atoms with Crippen LogP contribution in [0.5, 0.6) is 0 Å². The van der Waals surface area contributed by atoms with Gasteiger partial charge in [0.1, 0.15) is 6.10 Å². The second-order valence-corrected chi connectivity index (χ2v) is 15.2. The zero-order chi connectivity index (χ0) is 33.2. The maximum absolute atomic E-state index is 14.1. The number of carbonyl (C=O) groups is 3. The molecule has 45 heavy (non-hydrogen) atoms. The molecule has 2 aliphatic rings. The number of carboxylic acid groups (broad SMARTS) is 1. The molecule has 2 heterocycles. The Morgan fingerprint density at radius 3 is 2.33 bits per heavy atom. The van der Waals surface area contributed by atoms with Gasteiger partial charge in [-0.15, -0.1) is 0 Å². The lowest BCUT2D eigenvalue weighted by Crippen LogP contribution is -2.53. The van der Waals surface area contributed by atoms with Crippen molar-refractivity contribution in [3.05, 3.63) is 23.5 Å². The van der Waals surface area contributed by atoms with Gasteiger partial charge in [-0.1, -0.05) is 85.5 Å². The average Bonchev–Trinajstić information content (AvgIpc) is 3.32. The van der Waals surface area contributed by atoms with Crippen LogP contribution in [-0.2, 0) is 14.3 Å². The number of aromatic amines is 1. The molecular formula is C36H61N3O6. The molecule has 9 nitrogen and oxygen atoms in total. The summed E-state index contributed by atoms with van der Waals surface area (Å²) in [5, 5.41) is 16.4. The van der Waals surface area contributed by atoms with Crippen LogP contribution in [0.4, 0.5) is 4.79 Å². The molecule has 1 aliphatic carbocycles. The van der Waals surface area contributed by atoms with Gasteiger partial charge in [0, 0.05) is 40.9 Å². The van der Waals surface area contributed by atoms with Crippen molar-refractivity contribution in [2.45, 2.75) is 162 Å². The summed E-state index contributed by atoms with van der Waals surface area (Å²) < 4.78 is 12.0. The minimum atomic E-state index is -0.929. The summed E-state index contributed by atoms with van der Waals surface area (Å²) in [5.74, 6) is -1.85. The lowest BCUT2D eigenvalue weighted by molar-refractivity contribution is -0.298. The number of H-pyrrole nitrogens is 1. The standard InChI is InChI=1S/C36H61N3O6/c1-24(2)16-12-9-8-10-13-17-25(3)38-34(43)39-29-19-15-11-14-18-26(29)28(22-30(40)41)31-27(20-21-37-31)32(42)33-35(4,5)23-44-36(6,7)45-33/h20-21,24-26,28-29,33,37H,8-19,22-23H2,1-7H3,(H,40,41)(H2,38,39,43). The second-order valence-electron chi connectivity index (χ2n) is 15.2. The summed E-state index contributed by atoms with van der Waals surface area (Å²) >= 11 is 0. The van der Waals surface area contributed by atoms with E-state index in [4.69, 9.17) is 9.47 Å². The number of carboxylic acids is 1. The SMILES string of the molecule is CC(C)CCCCCCCC(C)NC(=O)NC1CCCCCC1C(CC(=O)O)c1[nH]ccc1C(=O)C1OC(C)(C)OCC1(C)C. The third-order valence-corrected chi connectivity index (χ3v) is 9.65. The van der Waals surface area contributed by atoms with E-state index in [1.165, 1.54) is 32.1 Å². The van der Waals surface area contributed by atoms with Crippen LogP contribution in [0.3, 0.4) is 0 Å². The highest BCUT2D eigenvalue weighted by atomic mass is 16.7. The number of hydrogen-bond donors (Lipinski definition) is 4. The largest absolute Gasteiger partial charge is 0.481 e. The minimum Gasteiger partial charge on any atom is -0.481 e. The van der Waals surface area contributed by atoms with Gasteiger partial charge in [0.25, 0.3) is 0 Å². The third-order valence-electron chi connectivity index (χ3n) is 9.65. The van der Waals surface area contributed by atoms with Crippen molar-refractivity contribution in [3.8, 4) is 0 Å². The van der Waals surface area contributed by atoms with E-state index in [9.17, 15) is 19.5 Å². The fourth-order valence-electron chi connectivity index (χ4n) is 7.06. The number of ether oxygens (including phenoxy) is 2. The van der Waals surface area contributed by atoms with Crippen LogP contribution in [0, 0.1) is 17.3 Å². The first-order valence-electron chi connectivity index (χ1n) is 17.5. The van der Waals surface area contributed by atoms with Crippen molar-refractivity contribution >= 4 is 17.8 Å². The molecule has 4 N–H and O–H groups in total. The Morgan fingerprint density at radius 2 is 1.64 bits per heavy atom. The highest BCUT2D eigenvalue weighted by Gasteiger charge is 2.47. The predicted molar refractivity (Wildman–Crippen MR) is 177 cm³/mol. The molecule has 1 aromatic heterocycles. The van der Waals surface area contributed by atoms with Crippen LogP contribution in [-0.4, -0.2) is 58.5 Å². The Balaban J connectivity index is 1.71. The first-order chi connectivity index (χ1) is 21.2. The molecule has 0 bridgehead atoms. The van der Waals surface area contributed by atoms with E-state index in [-0.39, 0.29) is 36.2 Å². The third kappa shape index (κ3) is 11.4. The normalized spacial score (nSPS) is 24.4. The van der Waals surface area contributed by atoms with Gasteiger partial charge in [-0.3, -0.25) is 9.59 Å². The van der Waals surface area contributed by atoms with Crippen molar-refractivity contribution in [1.82, 2.24) is 15.6 Å². The van der Waals surface area contributed by atoms with E-state index in [1.807, 2.05) is 20.8 Å². The molecule has 2 fully saturated rings. The van der Waals surface area contributed by atoms with Crippen molar-refractivity contribution in [2.24, 2.45) is 17.3 Å². The molecule has 1 saturated carbocycles. The van der Waals surface area contributed by atoms with Crippen molar-refractivity contribution in [3.63, 3.8) is 0 Å². The fourth-order valence-corrected chi connectivity index (χ4v) is 7.06. The van der Waals surface area contributed by atoms with Gasteiger partial charge in [-0.25, -0.2) is 4.79 Å². The number of carbonyl (C=O) groups excluding carboxylic acids is 2. The van der Waals surface area contributed by atoms with Gasteiger partial charge in [-0.05, 0) is 57.9 Å². The molecule has 5 unspecified atom stereocenters. The summed E-state index contributed by atoms with van der Waals surface area (Å²) in [6.07, 6.45) is 13.6. The van der Waals surface area contributed by atoms with Crippen LogP contribution in [0.2, 0.25) is 0 Å². The Hall–Kier alpha value is -2.39. The number of urea groups is 1. The average molecular weight is 632 g/mol. The number of nitrogens with one attached hydrogen (secondary N) is 3. The first kappa shape index (κ1) is 37.1. The molecule has 2 amide bonds. The number of Topliss-reactive ketones (excluding diaryl/α,β-unsaturated/α-hetero) is 1. The summed E-state index contributed by atoms with van der Waals surface area (Å²) in [6.45, 7) is 14.5.